The van der Waals surface area contributed by atoms with Crippen molar-refractivity contribution in [3.8, 4) is 11.3 Å². The number of carboxylic acid groups (broad SMARTS) is 1. The van der Waals surface area contributed by atoms with E-state index in [1.807, 2.05) is 36.5 Å². The van der Waals surface area contributed by atoms with E-state index in [9.17, 15) is 4.79 Å². The average molecular weight is 294 g/mol. The lowest BCUT2D eigenvalue weighted by molar-refractivity contribution is 0.0696. The Morgan fingerprint density at radius 1 is 1.18 bits per heavy atom. The van der Waals surface area contributed by atoms with Crippen LogP contribution < -0.4 is 5.73 Å². The predicted molar refractivity (Wildman–Crippen MR) is 82.4 cm³/mol. The normalized spacial score (nSPS) is 10.5. The number of nitrogens with two attached hydrogens (primary N) is 1. The van der Waals surface area contributed by atoms with Crippen LogP contribution in [0.1, 0.15) is 15.9 Å². The van der Waals surface area contributed by atoms with Crippen molar-refractivity contribution in [2.75, 3.05) is 5.73 Å². The molecule has 3 rings (SSSR count). The van der Waals surface area contributed by atoms with Gasteiger partial charge in [0.25, 0.3) is 0 Å². The number of hydrogen-bond acceptors (Lipinski definition) is 4. The number of benzene rings is 2. The molecule has 0 amide bonds. The number of aromatic carboxylic acids is 1. The zero-order valence-electron chi connectivity index (χ0n) is 11.7. The molecule has 0 saturated heterocycles. The van der Waals surface area contributed by atoms with Gasteiger partial charge in [0.05, 0.1) is 18.3 Å². The molecule has 2 aromatic carbocycles. The lowest BCUT2D eigenvalue weighted by Crippen LogP contribution is -2.03. The number of rotatable bonds is 4. The van der Waals surface area contributed by atoms with Crippen LogP contribution in [-0.2, 0) is 6.54 Å². The number of nitrogen functional groups attached to an aromatic ring is 1. The fourth-order valence-corrected chi connectivity index (χ4v) is 2.15. The summed E-state index contributed by atoms with van der Waals surface area (Å²) in [7, 11) is 0. The first kappa shape index (κ1) is 13.8. The molecule has 3 aromatic rings. The van der Waals surface area contributed by atoms with Gasteiger partial charge in [0.2, 0.25) is 0 Å². The van der Waals surface area contributed by atoms with Gasteiger partial charge < -0.3 is 10.8 Å². The van der Waals surface area contributed by atoms with E-state index in [2.05, 4.69) is 10.3 Å². The highest BCUT2D eigenvalue weighted by Crippen LogP contribution is 2.18. The number of carbonyl (C=O) groups is 1. The van der Waals surface area contributed by atoms with Crippen molar-refractivity contribution in [1.29, 1.82) is 0 Å². The summed E-state index contributed by atoms with van der Waals surface area (Å²) in [6, 6.07) is 14.2. The quantitative estimate of drug-likeness (QED) is 0.720. The van der Waals surface area contributed by atoms with Crippen molar-refractivity contribution in [3.63, 3.8) is 0 Å². The molecule has 0 aliphatic carbocycles. The van der Waals surface area contributed by atoms with E-state index >= 15 is 0 Å². The van der Waals surface area contributed by atoms with Gasteiger partial charge in [-0.3, -0.25) is 0 Å². The summed E-state index contributed by atoms with van der Waals surface area (Å²) in [5.41, 5.74) is 9.15. The molecule has 1 aromatic heterocycles. The summed E-state index contributed by atoms with van der Waals surface area (Å²) < 4.78 is 1.67. The first-order chi connectivity index (χ1) is 10.6. The molecule has 0 aliphatic rings. The Bertz CT molecular complexity index is 809. The van der Waals surface area contributed by atoms with Gasteiger partial charge in [0.1, 0.15) is 5.69 Å². The van der Waals surface area contributed by atoms with Crippen LogP contribution in [0.3, 0.4) is 0 Å². The molecule has 0 radical (unpaired) electrons. The Hall–Kier alpha value is -3.15. The summed E-state index contributed by atoms with van der Waals surface area (Å²) >= 11 is 0. The van der Waals surface area contributed by atoms with Crippen LogP contribution in [0.4, 0.5) is 5.69 Å². The third kappa shape index (κ3) is 2.95. The third-order valence-electron chi connectivity index (χ3n) is 3.26. The van der Waals surface area contributed by atoms with E-state index in [0.29, 0.717) is 12.2 Å². The van der Waals surface area contributed by atoms with Gasteiger partial charge in [-0.15, -0.1) is 5.10 Å². The zero-order valence-corrected chi connectivity index (χ0v) is 11.7. The van der Waals surface area contributed by atoms with Crippen molar-refractivity contribution in [1.82, 2.24) is 15.0 Å². The minimum absolute atomic E-state index is 0.261. The van der Waals surface area contributed by atoms with Gasteiger partial charge in [-0.25, -0.2) is 9.48 Å². The molecule has 3 N–H and O–H groups in total. The molecule has 0 atom stereocenters. The zero-order chi connectivity index (χ0) is 15.5. The largest absolute Gasteiger partial charge is 0.478 e. The molecule has 0 fully saturated rings. The number of nitrogens with zero attached hydrogens (tertiary/aromatic N) is 3. The minimum Gasteiger partial charge on any atom is -0.478 e. The highest BCUT2D eigenvalue weighted by atomic mass is 16.4. The van der Waals surface area contributed by atoms with Crippen LogP contribution in [0.2, 0.25) is 0 Å². The first-order valence-corrected chi connectivity index (χ1v) is 6.70. The molecular formula is C16H14N4O2. The Morgan fingerprint density at radius 3 is 2.68 bits per heavy atom. The number of hydrogen-bond donors (Lipinski definition) is 2. The van der Waals surface area contributed by atoms with Crippen LogP contribution >= 0.6 is 0 Å². The molecule has 0 saturated carbocycles. The Kier molecular flexibility index (Phi) is 3.57. The average Bonchev–Trinajstić information content (AvgIpc) is 2.96. The van der Waals surface area contributed by atoms with Gasteiger partial charge >= 0.3 is 5.97 Å². The highest BCUT2D eigenvalue weighted by molar-refractivity contribution is 5.87. The number of aromatic nitrogens is 3. The van der Waals surface area contributed by atoms with Crippen molar-refractivity contribution in [2.45, 2.75) is 6.54 Å². The monoisotopic (exact) mass is 294 g/mol. The van der Waals surface area contributed by atoms with E-state index in [4.69, 9.17) is 10.8 Å². The summed E-state index contributed by atoms with van der Waals surface area (Å²) in [6.45, 7) is 0.461. The maximum absolute atomic E-state index is 11.0. The molecule has 6 nitrogen and oxygen atoms in total. The van der Waals surface area contributed by atoms with E-state index in [1.54, 1.807) is 22.9 Å². The van der Waals surface area contributed by atoms with Gasteiger partial charge in [-0.1, -0.05) is 29.5 Å². The Morgan fingerprint density at radius 2 is 1.95 bits per heavy atom. The van der Waals surface area contributed by atoms with E-state index < -0.39 is 5.97 Å². The summed E-state index contributed by atoms with van der Waals surface area (Å²) in [4.78, 5) is 11.0. The topological polar surface area (TPSA) is 94.0 Å². The summed E-state index contributed by atoms with van der Waals surface area (Å²) in [5.74, 6) is -0.942. The van der Waals surface area contributed by atoms with Crippen LogP contribution in [0, 0.1) is 0 Å². The second-order valence-corrected chi connectivity index (χ2v) is 4.93. The van der Waals surface area contributed by atoms with Crippen LogP contribution in [0.5, 0.6) is 0 Å². The predicted octanol–water partition coefficient (Wildman–Crippen LogP) is 2.27. The molecule has 110 valence electrons. The van der Waals surface area contributed by atoms with Gasteiger partial charge in [0.15, 0.2) is 0 Å². The van der Waals surface area contributed by atoms with E-state index in [0.717, 1.165) is 16.8 Å². The maximum atomic E-state index is 11.0. The number of carboxylic acids is 1. The van der Waals surface area contributed by atoms with Gasteiger partial charge in [0, 0.05) is 11.3 Å². The van der Waals surface area contributed by atoms with Crippen LogP contribution in [0.25, 0.3) is 11.3 Å². The first-order valence-electron chi connectivity index (χ1n) is 6.70. The lowest BCUT2D eigenvalue weighted by atomic mass is 10.1. The van der Waals surface area contributed by atoms with Crippen molar-refractivity contribution in [2.24, 2.45) is 0 Å². The second-order valence-electron chi connectivity index (χ2n) is 4.93. The molecule has 0 bridgehead atoms. The van der Waals surface area contributed by atoms with E-state index in [-0.39, 0.29) is 5.56 Å². The maximum Gasteiger partial charge on any atom is 0.335 e. The van der Waals surface area contributed by atoms with Crippen molar-refractivity contribution < 1.29 is 9.90 Å². The molecule has 0 aliphatic heterocycles. The molecule has 1 heterocycles. The van der Waals surface area contributed by atoms with Crippen LogP contribution in [-0.4, -0.2) is 26.1 Å². The van der Waals surface area contributed by atoms with Crippen molar-refractivity contribution >= 4 is 11.7 Å². The highest BCUT2D eigenvalue weighted by Gasteiger charge is 2.06. The molecular weight excluding hydrogens is 280 g/mol. The summed E-state index contributed by atoms with van der Waals surface area (Å²) in [5, 5.41) is 17.2. The van der Waals surface area contributed by atoms with Gasteiger partial charge in [-0.2, -0.15) is 0 Å². The van der Waals surface area contributed by atoms with Gasteiger partial charge in [-0.05, 0) is 29.8 Å². The third-order valence-corrected chi connectivity index (χ3v) is 3.26. The molecule has 0 spiro atoms. The Labute approximate surface area is 126 Å². The lowest BCUT2D eigenvalue weighted by Gasteiger charge is -2.02. The smallest absolute Gasteiger partial charge is 0.335 e. The van der Waals surface area contributed by atoms with Crippen LogP contribution in [0.15, 0.2) is 54.7 Å². The Balaban J connectivity index is 1.81. The second kappa shape index (κ2) is 5.69. The molecule has 6 heteroatoms. The minimum atomic E-state index is -0.942. The van der Waals surface area contributed by atoms with Crippen molar-refractivity contribution in [3.05, 3.63) is 65.9 Å². The fourth-order valence-electron chi connectivity index (χ4n) is 2.15. The number of anilines is 1. The molecule has 0 unspecified atom stereocenters. The summed E-state index contributed by atoms with van der Waals surface area (Å²) in [6.07, 6.45) is 1.82. The molecule has 22 heavy (non-hydrogen) atoms. The van der Waals surface area contributed by atoms with E-state index in [1.165, 1.54) is 0 Å². The fraction of sp³-hybridized carbons (Fsp3) is 0.0625. The standard InChI is InChI=1S/C16H14N4O2/c17-14-6-4-12(5-7-14)15-10-20(19-18-15)9-11-2-1-3-13(8-11)16(21)22/h1-8,10H,9,17H2,(H,21,22). The SMILES string of the molecule is Nc1ccc(-c2cn(Cc3cccc(C(=O)O)c3)nn2)cc1.